The molecule has 0 bridgehead atoms. The Kier molecular flexibility index (Phi) is 5.68. The summed E-state index contributed by atoms with van der Waals surface area (Å²) in [4.78, 5) is 28.9. The molecule has 2 aromatic carbocycles. The summed E-state index contributed by atoms with van der Waals surface area (Å²) >= 11 is 3.28. The molecular formula is C20H17N3O4S2. The second-order valence-corrected chi connectivity index (χ2v) is 8.30. The van der Waals surface area contributed by atoms with Gasteiger partial charge in [-0.3, -0.25) is 20.4 Å². The van der Waals surface area contributed by atoms with Crippen LogP contribution in [0.25, 0.3) is 0 Å². The molecule has 0 spiro atoms. The number of carbonyl (C=O) groups is 2. The van der Waals surface area contributed by atoms with E-state index in [4.69, 9.17) is 9.47 Å². The monoisotopic (exact) mass is 427 g/mol. The molecule has 0 aliphatic carbocycles. The second kappa shape index (κ2) is 8.54. The van der Waals surface area contributed by atoms with E-state index in [1.165, 1.54) is 0 Å². The average Bonchev–Trinajstić information content (AvgIpc) is 3.38. The minimum Gasteiger partial charge on any atom is -0.454 e. The Balaban J connectivity index is 1.29. The number of hydrogen-bond donors (Lipinski definition) is 2. The van der Waals surface area contributed by atoms with Crippen LogP contribution in [0.2, 0.25) is 0 Å². The molecular weight excluding hydrogens is 410 g/mol. The normalized spacial score (nSPS) is 11.9. The summed E-state index contributed by atoms with van der Waals surface area (Å²) in [6.45, 7) is 2.11. The molecule has 0 saturated carbocycles. The van der Waals surface area contributed by atoms with Gasteiger partial charge in [-0.25, -0.2) is 4.98 Å². The fourth-order valence-electron chi connectivity index (χ4n) is 2.59. The Bertz CT molecular complexity index is 1050. The minimum atomic E-state index is -0.441. The van der Waals surface area contributed by atoms with Crippen molar-refractivity contribution >= 4 is 34.9 Å². The van der Waals surface area contributed by atoms with Gasteiger partial charge in [0.2, 0.25) is 6.79 Å². The molecule has 4 rings (SSSR count). The van der Waals surface area contributed by atoms with Gasteiger partial charge in [-0.2, -0.15) is 0 Å². The summed E-state index contributed by atoms with van der Waals surface area (Å²) in [6.07, 6.45) is 0. The first-order chi connectivity index (χ1) is 14.1. The maximum atomic E-state index is 12.3. The van der Waals surface area contributed by atoms with Crippen molar-refractivity contribution in [2.24, 2.45) is 0 Å². The number of fused-ring (bicyclic) bond motifs is 1. The molecule has 9 heteroatoms. The van der Waals surface area contributed by atoms with Crippen LogP contribution < -0.4 is 20.3 Å². The number of amides is 2. The maximum absolute atomic E-state index is 12.3. The van der Waals surface area contributed by atoms with Crippen LogP contribution >= 0.6 is 23.1 Å². The van der Waals surface area contributed by atoms with Gasteiger partial charge >= 0.3 is 0 Å². The highest BCUT2D eigenvalue weighted by Gasteiger charge is 2.16. The zero-order chi connectivity index (χ0) is 20.2. The highest BCUT2D eigenvalue weighted by molar-refractivity contribution is 8.00. The first-order valence-corrected chi connectivity index (χ1v) is 10.6. The number of nitrogens with one attached hydrogen (secondary N) is 2. The number of hydrogen-bond acceptors (Lipinski definition) is 7. The van der Waals surface area contributed by atoms with Gasteiger partial charge < -0.3 is 9.47 Å². The zero-order valence-corrected chi connectivity index (χ0v) is 17.1. The van der Waals surface area contributed by atoms with Crippen molar-refractivity contribution in [3.8, 4) is 11.5 Å². The predicted octanol–water partition coefficient (Wildman–Crippen LogP) is 3.55. The van der Waals surface area contributed by atoms with Crippen molar-refractivity contribution in [1.82, 2.24) is 15.8 Å². The van der Waals surface area contributed by atoms with E-state index in [1.54, 1.807) is 53.4 Å². The van der Waals surface area contributed by atoms with Gasteiger partial charge in [0, 0.05) is 28.0 Å². The first-order valence-electron chi connectivity index (χ1n) is 8.73. The molecule has 29 heavy (non-hydrogen) atoms. The predicted molar refractivity (Wildman–Crippen MR) is 110 cm³/mol. The number of hydrazine groups is 1. The lowest BCUT2D eigenvalue weighted by atomic mass is 10.1. The van der Waals surface area contributed by atoms with E-state index in [0.717, 1.165) is 21.3 Å². The Hall–Kier alpha value is -3.04. The lowest BCUT2D eigenvalue weighted by Crippen LogP contribution is -2.41. The van der Waals surface area contributed by atoms with Gasteiger partial charge in [0.15, 0.2) is 11.5 Å². The van der Waals surface area contributed by atoms with Crippen LogP contribution in [0, 0.1) is 6.92 Å². The standard InChI is InChI=1S/C20H17N3O4S2/c1-12-9-28-20(21-12)29-10-13-2-4-14(5-3-13)18(24)22-23-19(25)15-6-7-16-17(8-15)27-11-26-16/h2-9H,10-11H2,1H3,(H,22,24)(H,23,25). The van der Waals surface area contributed by atoms with E-state index in [-0.39, 0.29) is 6.79 Å². The summed E-state index contributed by atoms with van der Waals surface area (Å²) in [5.74, 6) is 1.03. The van der Waals surface area contributed by atoms with Crippen molar-refractivity contribution in [1.29, 1.82) is 0 Å². The van der Waals surface area contributed by atoms with Crippen LogP contribution in [0.15, 0.2) is 52.2 Å². The topological polar surface area (TPSA) is 89.6 Å². The number of rotatable bonds is 5. The lowest BCUT2D eigenvalue weighted by molar-refractivity contribution is 0.0846. The molecule has 3 aromatic rings. The van der Waals surface area contributed by atoms with Crippen molar-refractivity contribution in [2.45, 2.75) is 17.0 Å². The van der Waals surface area contributed by atoms with Crippen LogP contribution in [0.3, 0.4) is 0 Å². The Morgan fingerprint density at radius 3 is 2.45 bits per heavy atom. The Morgan fingerprint density at radius 1 is 1.03 bits per heavy atom. The number of aromatic nitrogens is 1. The Labute approximate surface area is 175 Å². The summed E-state index contributed by atoms with van der Waals surface area (Å²) in [7, 11) is 0. The summed E-state index contributed by atoms with van der Waals surface area (Å²) in [6, 6.07) is 12.1. The largest absolute Gasteiger partial charge is 0.454 e. The molecule has 1 aliphatic heterocycles. The van der Waals surface area contributed by atoms with Crippen LogP contribution in [0.4, 0.5) is 0 Å². The number of aryl methyl sites for hydroxylation is 1. The molecule has 148 valence electrons. The maximum Gasteiger partial charge on any atom is 0.269 e. The number of ether oxygens (including phenoxy) is 2. The lowest BCUT2D eigenvalue weighted by Gasteiger charge is -2.08. The molecule has 1 aliphatic rings. The second-order valence-electron chi connectivity index (χ2n) is 6.22. The van der Waals surface area contributed by atoms with E-state index >= 15 is 0 Å². The number of thiazole rings is 1. The average molecular weight is 428 g/mol. The quantitative estimate of drug-likeness (QED) is 0.478. The highest BCUT2D eigenvalue weighted by Crippen LogP contribution is 2.32. The van der Waals surface area contributed by atoms with Crippen molar-refractivity contribution in [3.63, 3.8) is 0 Å². The van der Waals surface area contributed by atoms with Gasteiger partial charge in [-0.1, -0.05) is 23.9 Å². The number of thioether (sulfide) groups is 1. The van der Waals surface area contributed by atoms with E-state index in [0.29, 0.717) is 22.6 Å². The van der Waals surface area contributed by atoms with Crippen LogP contribution in [-0.2, 0) is 5.75 Å². The zero-order valence-electron chi connectivity index (χ0n) is 15.4. The fourth-order valence-corrected chi connectivity index (χ4v) is 4.40. The van der Waals surface area contributed by atoms with Crippen LogP contribution in [0.5, 0.6) is 11.5 Å². The molecule has 1 aromatic heterocycles. The summed E-state index contributed by atoms with van der Waals surface area (Å²) in [5.41, 5.74) is 7.75. The third kappa shape index (κ3) is 4.69. The SMILES string of the molecule is Cc1csc(SCc2ccc(C(=O)NNC(=O)c3ccc4c(c3)OCO4)cc2)n1. The Morgan fingerprint density at radius 2 is 1.72 bits per heavy atom. The molecule has 2 N–H and O–H groups in total. The van der Waals surface area contributed by atoms with E-state index in [9.17, 15) is 9.59 Å². The van der Waals surface area contributed by atoms with E-state index in [1.807, 2.05) is 24.4 Å². The third-order valence-electron chi connectivity index (χ3n) is 4.10. The summed E-state index contributed by atoms with van der Waals surface area (Å²) < 4.78 is 11.5. The smallest absolute Gasteiger partial charge is 0.269 e. The fraction of sp³-hybridized carbons (Fsp3) is 0.150. The van der Waals surface area contributed by atoms with E-state index in [2.05, 4.69) is 15.8 Å². The minimum absolute atomic E-state index is 0.134. The molecule has 0 atom stereocenters. The van der Waals surface area contributed by atoms with Crippen LogP contribution in [0.1, 0.15) is 32.0 Å². The summed E-state index contributed by atoms with van der Waals surface area (Å²) in [5, 5.41) is 2.02. The molecule has 0 saturated heterocycles. The molecule has 0 radical (unpaired) electrons. The van der Waals surface area contributed by atoms with E-state index < -0.39 is 11.8 Å². The van der Waals surface area contributed by atoms with Gasteiger partial charge in [0.05, 0.1) is 0 Å². The molecule has 2 heterocycles. The number of nitrogens with zero attached hydrogens (tertiary/aromatic N) is 1. The van der Waals surface area contributed by atoms with Gasteiger partial charge in [0.25, 0.3) is 11.8 Å². The first kappa shape index (κ1) is 19.3. The molecule has 0 unspecified atom stereocenters. The highest BCUT2D eigenvalue weighted by atomic mass is 32.2. The van der Waals surface area contributed by atoms with Gasteiger partial charge in [-0.15, -0.1) is 11.3 Å². The molecule has 2 amide bonds. The number of carbonyl (C=O) groups excluding carboxylic acids is 2. The van der Waals surface area contributed by atoms with Crippen LogP contribution in [-0.4, -0.2) is 23.6 Å². The molecule has 7 nitrogen and oxygen atoms in total. The van der Waals surface area contributed by atoms with Gasteiger partial charge in [0.1, 0.15) is 4.34 Å². The van der Waals surface area contributed by atoms with Crippen molar-refractivity contribution in [2.75, 3.05) is 6.79 Å². The third-order valence-corrected chi connectivity index (χ3v) is 6.31. The number of benzene rings is 2. The molecule has 0 fully saturated rings. The van der Waals surface area contributed by atoms with Gasteiger partial charge in [-0.05, 0) is 42.8 Å². The van der Waals surface area contributed by atoms with Crippen molar-refractivity contribution < 1.29 is 19.1 Å². The van der Waals surface area contributed by atoms with Crippen molar-refractivity contribution in [3.05, 3.63) is 70.2 Å².